The minimum absolute atomic E-state index is 0.0796. The Labute approximate surface area is 111 Å². The number of nitrogen functional groups attached to an aromatic ring is 1. The van der Waals surface area contributed by atoms with Crippen LogP contribution in [0.15, 0.2) is 36.4 Å². The quantitative estimate of drug-likeness (QED) is 0.858. The third-order valence-corrected chi connectivity index (χ3v) is 2.96. The number of hydrogen-bond acceptors (Lipinski definition) is 3. The van der Waals surface area contributed by atoms with E-state index in [1.807, 2.05) is 25.1 Å². The van der Waals surface area contributed by atoms with Gasteiger partial charge < -0.3 is 10.5 Å². The Morgan fingerprint density at radius 2 is 2.00 bits per heavy atom. The lowest BCUT2D eigenvalue weighted by atomic mass is 10.1. The van der Waals surface area contributed by atoms with Crippen molar-refractivity contribution in [1.29, 1.82) is 5.26 Å². The molecule has 0 atom stereocenters. The van der Waals surface area contributed by atoms with Gasteiger partial charge in [-0.1, -0.05) is 18.2 Å². The number of hydrogen-bond donors (Lipinski definition) is 1. The van der Waals surface area contributed by atoms with Gasteiger partial charge in [-0.2, -0.15) is 5.26 Å². The van der Waals surface area contributed by atoms with Crippen LogP contribution in [-0.2, 0) is 6.61 Å². The number of halogens is 1. The highest BCUT2D eigenvalue weighted by Crippen LogP contribution is 2.23. The summed E-state index contributed by atoms with van der Waals surface area (Å²) < 4.78 is 18.9. The number of nitrogens with two attached hydrogens (primary N) is 1. The van der Waals surface area contributed by atoms with Gasteiger partial charge in [0.25, 0.3) is 0 Å². The molecule has 0 spiro atoms. The first-order valence-electron chi connectivity index (χ1n) is 5.79. The minimum atomic E-state index is -0.579. The molecule has 2 N–H and O–H groups in total. The zero-order valence-electron chi connectivity index (χ0n) is 10.5. The SMILES string of the molecule is Cc1c(N)cccc1COc1cccc(F)c1C#N. The van der Waals surface area contributed by atoms with Crippen LogP contribution in [0.4, 0.5) is 10.1 Å². The molecule has 0 saturated heterocycles. The summed E-state index contributed by atoms with van der Waals surface area (Å²) in [7, 11) is 0. The molecule has 0 heterocycles. The van der Waals surface area contributed by atoms with Gasteiger partial charge >= 0.3 is 0 Å². The average Bonchev–Trinajstić information content (AvgIpc) is 2.40. The number of benzene rings is 2. The van der Waals surface area contributed by atoms with Crippen LogP contribution >= 0.6 is 0 Å². The maximum Gasteiger partial charge on any atom is 0.144 e. The van der Waals surface area contributed by atoms with Crippen molar-refractivity contribution in [3.8, 4) is 11.8 Å². The third-order valence-electron chi connectivity index (χ3n) is 2.96. The molecule has 0 aliphatic heterocycles. The van der Waals surface area contributed by atoms with Gasteiger partial charge in [-0.05, 0) is 36.2 Å². The number of ether oxygens (including phenoxy) is 1. The lowest BCUT2D eigenvalue weighted by Crippen LogP contribution is -2.02. The Morgan fingerprint density at radius 1 is 1.26 bits per heavy atom. The fraction of sp³-hybridized carbons (Fsp3) is 0.133. The molecule has 0 bridgehead atoms. The largest absolute Gasteiger partial charge is 0.487 e. The van der Waals surface area contributed by atoms with Crippen LogP contribution in [0.3, 0.4) is 0 Å². The van der Waals surface area contributed by atoms with Gasteiger partial charge in [0, 0.05) is 5.69 Å². The van der Waals surface area contributed by atoms with Crippen LogP contribution in [0, 0.1) is 24.1 Å². The Morgan fingerprint density at radius 3 is 2.74 bits per heavy atom. The van der Waals surface area contributed by atoms with Crippen LogP contribution in [0.1, 0.15) is 16.7 Å². The van der Waals surface area contributed by atoms with Crippen molar-refractivity contribution >= 4 is 5.69 Å². The van der Waals surface area contributed by atoms with Gasteiger partial charge in [-0.25, -0.2) is 4.39 Å². The zero-order chi connectivity index (χ0) is 13.8. The van der Waals surface area contributed by atoms with E-state index in [4.69, 9.17) is 15.7 Å². The molecule has 0 radical (unpaired) electrons. The summed E-state index contributed by atoms with van der Waals surface area (Å²) in [6.45, 7) is 2.14. The summed E-state index contributed by atoms with van der Waals surface area (Å²) in [5.41, 5.74) is 8.24. The molecule has 0 unspecified atom stereocenters. The molecule has 96 valence electrons. The Hall–Kier alpha value is -2.54. The summed E-state index contributed by atoms with van der Waals surface area (Å²) in [5, 5.41) is 8.91. The summed E-state index contributed by atoms with van der Waals surface area (Å²) in [6, 6.07) is 11.6. The molecule has 2 rings (SSSR count). The fourth-order valence-corrected chi connectivity index (χ4v) is 1.75. The molecule has 0 aliphatic carbocycles. The van der Waals surface area contributed by atoms with Crippen molar-refractivity contribution < 1.29 is 9.13 Å². The monoisotopic (exact) mass is 256 g/mol. The lowest BCUT2D eigenvalue weighted by Gasteiger charge is -2.11. The maximum absolute atomic E-state index is 13.4. The van der Waals surface area contributed by atoms with E-state index < -0.39 is 5.82 Å². The van der Waals surface area contributed by atoms with Gasteiger partial charge in [0.05, 0.1) is 0 Å². The second kappa shape index (κ2) is 5.40. The molecular formula is C15H13FN2O. The minimum Gasteiger partial charge on any atom is -0.487 e. The highest BCUT2D eigenvalue weighted by molar-refractivity contribution is 5.50. The van der Waals surface area contributed by atoms with Crippen molar-refractivity contribution in [3.63, 3.8) is 0 Å². The summed E-state index contributed by atoms with van der Waals surface area (Å²) in [4.78, 5) is 0. The molecule has 0 aliphatic rings. The molecule has 3 nitrogen and oxygen atoms in total. The normalized spacial score (nSPS) is 9.95. The molecular weight excluding hydrogens is 243 g/mol. The lowest BCUT2D eigenvalue weighted by molar-refractivity contribution is 0.303. The van der Waals surface area contributed by atoms with Crippen molar-refractivity contribution in [2.24, 2.45) is 0 Å². The second-order valence-corrected chi connectivity index (χ2v) is 4.14. The third kappa shape index (κ3) is 2.66. The van der Waals surface area contributed by atoms with Gasteiger partial charge in [0.1, 0.15) is 29.8 Å². The highest BCUT2D eigenvalue weighted by atomic mass is 19.1. The topological polar surface area (TPSA) is 59.0 Å². The van der Waals surface area contributed by atoms with Crippen LogP contribution in [0.2, 0.25) is 0 Å². The molecule has 0 saturated carbocycles. The first-order valence-corrected chi connectivity index (χ1v) is 5.79. The van der Waals surface area contributed by atoms with E-state index in [1.165, 1.54) is 12.1 Å². The molecule has 2 aromatic carbocycles. The predicted octanol–water partition coefficient (Wildman–Crippen LogP) is 3.17. The van der Waals surface area contributed by atoms with Gasteiger partial charge in [0.2, 0.25) is 0 Å². The molecule has 0 fully saturated rings. The fourth-order valence-electron chi connectivity index (χ4n) is 1.75. The van der Waals surface area contributed by atoms with E-state index in [1.54, 1.807) is 12.1 Å². The van der Waals surface area contributed by atoms with E-state index in [-0.39, 0.29) is 17.9 Å². The molecule has 2 aromatic rings. The predicted molar refractivity (Wildman–Crippen MR) is 71.0 cm³/mol. The summed E-state index contributed by atoms with van der Waals surface area (Å²) in [6.07, 6.45) is 0. The Balaban J connectivity index is 2.22. The molecule has 19 heavy (non-hydrogen) atoms. The van der Waals surface area contributed by atoms with Crippen LogP contribution in [-0.4, -0.2) is 0 Å². The summed E-state index contributed by atoms with van der Waals surface area (Å²) in [5.74, 6) is -0.339. The number of rotatable bonds is 3. The van der Waals surface area contributed by atoms with Crippen LogP contribution in [0.5, 0.6) is 5.75 Å². The van der Waals surface area contributed by atoms with Gasteiger partial charge in [0.15, 0.2) is 0 Å². The first-order chi connectivity index (χ1) is 9.13. The van der Waals surface area contributed by atoms with E-state index >= 15 is 0 Å². The van der Waals surface area contributed by atoms with Gasteiger partial charge in [-0.15, -0.1) is 0 Å². The number of nitriles is 1. The van der Waals surface area contributed by atoms with Crippen LogP contribution in [0.25, 0.3) is 0 Å². The van der Waals surface area contributed by atoms with Crippen molar-refractivity contribution in [2.45, 2.75) is 13.5 Å². The van der Waals surface area contributed by atoms with Crippen molar-refractivity contribution in [2.75, 3.05) is 5.73 Å². The molecule has 0 amide bonds. The number of anilines is 1. The molecule has 4 heteroatoms. The van der Waals surface area contributed by atoms with Gasteiger partial charge in [-0.3, -0.25) is 0 Å². The first kappa shape index (κ1) is 12.9. The average molecular weight is 256 g/mol. The Bertz CT molecular complexity index is 647. The Kier molecular flexibility index (Phi) is 3.67. The van der Waals surface area contributed by atoms with E-state index in [0.717, 1.165) is 11.1 Å². The van der Waals surface area contributed by atoms with E-state index in [0.29, 0.717) is 5.69 Å². The molecule has 0 aromatic heterocycles. The summed E-state index contributed by atoms with van der Waals surface area (Å²) >= 11 is 0. The van der Waals surface area contributed by atoms with E-state index in [2.05, 4.69) is 0 Å². The standard InChI is InChI=1S/C15H13FN2O/c1-10-11(4-2-6-14(10)18)9-19-15-7-3-5-13(16)12(15)8-17/h2-7H,9,18H2,1H3. The number of nitrogens with zero attached hydrogens (tertiary/aromatic N) is 1. The van der Waals surface area contributed by atoms with Crippen LogP contribution < -0.4 is 10.5 Å². The van der Waals surface area contributed by atoms with Crippen molar-refractivity contribution in [1.82, 2.24) is 0 Å². The zero-order valence-corrected chi connectivity index (χ0v) is 10.5. The maximum atomic E-state index is 13.4. The second-order valence-electron chi connectivity index (χ2n) is 4.14. The van der Waals surface area contributed by atoms with Crippen molar-refractivity contribution in [3.05, 3.63) is 58.9 Å². The highest BCUT2D eigenvalue weighted by Gasteiger charge is 2.09. The van der Waals surface area contributed by atoms with E-state index in [9.17, 15) is 4.39 Å². The smallest absolute Gasteiger partial charge is 0.144 e.